The van der Waals surface area contributed by atoms with Gasteiger partial charge in [-0.15, -0.1) is 0 Å². The second-order valence-electron chi connectivity index (χ2n) is 3.34. The van der Waals surface area contributed by atoms with Crippen molar-refractivity contribution in [2.75, 3.05) is 0 Å². The Balaban J connectivity index is 2.53. The van der Waals surface area contributed by atoms with Gasteiger partial charge in [-0.1, -0.05) is 0 Å². The Bertz CT molecular complexity index is 502. The summed E-state index contributed by atoms with van der Waals surface area (Å²) in [7, 11) is 0. The highest BCUT2D eigenvalue weighted by Gasteiger charge is 2.21. The number of rotatable bonds is 4. The fourth-order valence-corrected chi connectivity index (χ4v) is 1.03. The number of aliphatic carboxylic acids is 1. The zero-order valence-corrected chi connectivity index (χ0v) is 9.44. The third-order valence-corrected chi connectivity index (χ3v) is 1.89. The SMILES string of the molecule is O=C(O)CC(O)C(=O)NOC(=O)c1ncccc1O. The van der Waals surface area contributed by atoms with E-state index in [2.05, 4.69) is 9.82 Å². The minimum Gasteiger partial charge on any atom is -0.505 e. The van der Waals surface area contributed by atoms with Crippen molar-refractivity contribution in [1.82, 2.24) is 10.5 Å². The Morgan fingerprint density at radius 3 is 2.68 bits per heavy atom. The smallest absolute Gasteiger partial charge is 0.385 e. The van der Waals surface area contributed by atoms with Gasteiger partial charge in [0.1, 0.15) is 11.9 Å². The molecule has 1 atom stereocenters. The molecule has 1 rings (SSSR count). The Morgan fingerprint density at radius 1 is 1.42 bits per heavy atom. The number of carboxylic acids is 1. The van der Waals surface area contributed by atoms with Crippen molar-refractivity contribution < 1.29 is 34.5 Å². The van der Waals surface area contributed by atoms with Gasteiger partial charge in [0.25, 0.3) is 5.91 Å². The first kappa shape index (κ1) is 14.4. The molecule has 0 saturated heterocycles. The van der Waals surface area contributed by atoms with Gasteiger partial charge in [0.15, 0.2) is 5.69 Å². The summed E-state index contributed by atoms with van der Waals surface area (Å²) < 4.78 is 0. The summed E-state index contributed by atoms with van der Waals surface area (Å²) in [5.41, 5.74) is 1.13. The van der Waals surface area contributed by atoms with Crippen molar-refractivity contribution in [3.8, 4) is 5.75 Å². The van der Waals surface area contributed by atoms with Crippen molar-refractivity contribution >= 4 is 17.8 Å². The number of hydrogen-bond donors (Lipinski definition) is 4. The topological polar surface area (TPSA) is 146 Å². The molecule has 0 aliphatic rings. The minimum atomic E-state index is -1.86. The first-order valence-corrected chi connectivity index (χ1v) is 4.96. The molecule has 1 unspecified atom stereocenters. The lowest BCUT2D eigenvalue weighted by molar-refractivity contribution is -0.147. The quantitative estimate of drug-likeness (QED) is 0.499. The molecule has 0 aromatic carbocycles. The summed E-state index contributed by atoms with van der Waals surface area (Å²) >= 11 is 0. The van der Waals surface area contributed by atoms with Crippen LogP contribution in [0.4, 0.5) is 0 Å². The molecule has 0 spiro atoms. The summed E-state index contributed by atoms with van der Waals surface area (Å²) in [4.78, 5) is 40.5. The summed E-state index contributed by atoms with van der Waals surface area (Å²) in [6.45, 7) is 0. The van der Waals surface area contributed by atoms with Gasteiger partial charge < -0.3 is 20.2 Å². The number of aliphatic hydroxyl groups is 1. The van der Waals surface area contributed by atoms with E-state index in [1.165, 1.54) is 18.3 Å². The van der Waals surface area contributed by atoms with Crippen LogP contribution in [0.3, 0.4) is 0 Å². The highest BCUT2D eigenvalue weighted by molar-refractivity contribution is 5.91. The van der Waals surface area contributed by atoms with Crippen LogP contribution in [0.5, 0.6) is 5.75 Å². The van der Waals surface area contributed by atoms with Crippen molar-refractivity contribution in [3.05, 3.63) is 24.0 Å². The zero-order chi connectivity index (χ0) is 14.4. The second kappa shape index (κ2) is 6.31. The lowest BCUT2D eigenvalue weighted by Gasteiger charge is -2.09. The van der Waals surface area contributed by atoms with Crippen molar-refractivity contribution in [2.45, 2.75) is 12.5 Å². The van der Waals surface area contributed by atoms with Gasteiger partial charge in [0.2, 0.25) is 0 Å². The van der Waals surface area contributed by atoms with Crippen LogP contribution in [-0.4, -0.2) is 44.3 Å². The number of aromatic hydroxyl groups is 1. The van der Waals surface area contributed by atoms with Gasteiger partial charge in [-0.05, 0) is 12.1 Å². The molecule has 0 saturated carbocycles. The second-order valence-corrected chi connectivity index (χ2v) is 3.34. The number of carbonyl (C=O) groups excluding carboxylic acids is 2. The van der Waals surface area contributed by atoms with Gasteiger partial charge in [0, 0.05) is 6.20 Å². The van der Waals surface area contributed by atoms with E-state index in [0.29, 0.717) is 0 Å². The van der Waals surface area contributed by atoms with Crippen LogP contribution in [0.2, 0.25) is 0 Å². The molecule has 1 heterocycles. The molecule has 19 heavy (non-hydrogen) atoms. The molecule has 0 fully saturated rings. The number of aromatic nitrogens is 1. The van der Waals surface area contributed by atoms with Gasteiger partial charge in [-0.2, -0.15) is 5.48 Å². The molecule has 0 aliphatic heterocycles. The van der Waals surface area contributed by atoms with Crippen LogP contribution >= 0.6 is 0 Å². The van der Waals surface area contributed by atoms with Crippen LogP contribution in [0.25, 0.3) is 0 Å². The molecular weight excluding hydrogens is 260 g/mol. The fraction of sp³-hybridized carbons (Fsp3) is 0.200. The predicted octanol–water partition coefficient (Wildman–Crippen LogP) is -1.19. The minimum absolute atomic E-state index is 0.435. The molecule has 9 nitrogen and oxygen atoms in total. The molecule has 1 aromatic rings. The third kappa shape index (κ3) is 4.24. The average Bonchev–Trinajstić information content (AvgIpc) is 2.35. The number of hydroxylamine groups is 1. The first-order valence-electron chi connectivity index (χ1n) is 4.96. The highest BCUT2D eigenvalue weighted by Crippen LogP contribution is 2.12. The number of aliphatic hydroxyl groups excluding tert-OH is 1. The molecule has 1 aromatic heterocycles. The fourth-order valence-electron chi connectivity index (χ4n) is 1.03. The number of nitrogens with one attached hydrogen (secondary N) is 1. The Hall–Kier alpha value is -2.68. The lowest BCUT2D eigenvalue weighted by Crippen LogP contribution is -2.37. The van der Waals surface area contributed by atoms with E-state index in [1.54, 1.807) is 5.48 Å². The number of pyridine rings is 1. The average molecular weight is 270 g/mol. The summed E-state index contributed by atoms with van der Waals surface area (Å²) in [6.07, 6.45) is -1.47. The van der Waals surface area contributed by atoms with Crippen molar-refractivity contribution in [3.63, 3.8) is 0 Å². The van der Waals surface area contributed by atoms with Crippen molar-refractivity contribution in [2.24, 2.45) is 0 Å². The first-order chi connectivity index (χ1) is 8.91. The highest BCUT2D eigenvalue weighted by atomic mass is 16.7. The predicted molar refractivity (Wildman–Crippen MR) is 57.7 cm³/mol. The maximum absolute atomic E-state index is 11.4. The van der Waals surface area contributed by atoms with E-state index >= 15 is 0 Å². The maximum atomic E-state index is 11.4. The van der Waals surface area contributed by atoms with E-state index in [-0.39, 0.29) is 0 Å². The zero-order valence-electron chi connectivity index (χ0n) is 9.44. The number of amides is 1. The summed E-state index contributed by atoms with van der Waals surface area (Å²) in [5, 5.41) is 26.7. The molecule has 0 radical (unpaired) electrons. The molecule has 0 aliphatic carbocycles. The summed E-state index contributed by atoms with van der Waals surface area (Å²) in [5.74, 6) is -4.20. The number of carboxylic acid groups (broad SMARTS) is 1. The monoisotopic (exact) mass is 270 g/mol. The lowest BCUT2D eigenvalue weighted by atomic mass is 10.2. The molecule has 4 N–H and O–H groups in total. The molecule has 0 bridgehead atoms. The van der Waals surface area contributed by atoms with E-state index in [1.807, 2.05) is 0 Å². The Kier molecular flexibility index (Phi) is 4.77. The van der Waals surface area contributed by atoms with Gasteiger partial charge >= 0.3 is 11.9 Å². The van der Waals surface area contributed by atoms with Crippen LogP contribution in [0.15, 0.2) is 18.3 Å². The summed E-state index contributed by atoms with van der Waals surface area (Å²) in [6, 6.07) is 2.56. The van der Waals surface area contributed by atoms with Gasteiger partial charge in [-0.3, -0.25) is 9.59 Å². The van der Waals surface area contributed by atoms with Crippen molar-refractivity contribution in [1.29, 1.82) is 0 Å². The van der Waals surface area contributed by atoms with E-state index in [4.69, 9.17) is 10.2 Å². The van der Waals surface area contributed by atoms with E-state index in [9.17, 15) is 19.5 Å². The maximum Gasteiger partial charge on any atom is 0.385 e. The Labute approximate surface area is 106 Å². The standard InChI is InChI=1S/C10H10N2O7/c13-5-2-1-3-11-8(5)10(18)19-12-9(17)6(14)4-7(15)16/h1-3,6,13-14H,4H2,(H,12,17)(H,15,16). The molecule has 102 valence electrons. The number of hydrogen-bond acceptors (Lipinski definition) is 7. The van der Waals surface area contributed by atoms with Crippen LogP contribution in [0.1, 0.15) is 16.9 Å². The van der Waals surface area contributed by atoms with Crippen LogP contribution in [-0.2, 0) is 14.4 Å². The molecule has 1 amide bonds. The number of nitrogens with zero attached hydrogens (tertiary/aromatic N) is 1. The normalized spacial score (nSPS) is 11.4. The third-order valence-electron chi connectivity index (χ3n) is 1.89. The largest absolute Gasteiger partial charge is 0.505 e. The van der Waals surface area contributed by atoms with Gasteiger partial charge in [0.05, 0.1) is 6.42 Å². The number of carbonyl (C=O) groups is 3. The Morgan fingerprint density at radius 2 is 2.11 bits per heavy atom. The molecule has 9 heteroatoms. The van der Waals surface area contributed by atoms with Gasteiger partial charge in [-0.25, -0.2) is 9.78 Å². The van der Waals surface area contributed by atoms with E-state index in [0.717, 1.165) is 0 Å². The molecular formula is C10H10N2O7. The van der Waals surface area contributed by atoms with Crippen LogP contribution < -0.4 is 5.48 Å². The van der Waals surface area contributed by atoms with E-state index < -0.39 is 41.8 Å². The van der Waals surface area contributed by atoms with Crippen LogP contribution in [0, 0.1) is 0 Å².